The van der Waals surface area contributed by atoms with Crippen molar-refractivity contribution in [2.24, 2.45) is 0 Å². The zero-order valence-electron chi connectivity index (χ0n) is 9.87. The molecule has 0 aromatic carbocycles. The molecule has 0 spiro atoms. The van der Waals surface area contributed by atoms with Crippen molar-refractivity contribution >= 4 is 22.4 Å². The summed E-state index contributed by atoms with van der Waals surface area (Å²) in [5, 5.41) is 12.0. The van der Waals surface area contributed by atoms with Crippen molar-refractivity contribution in [3.8, 4) is 0 Å². The summed E-state index contributed by atoms with van der Waals surface area (Å²) in [4.78, 5) is 19.5. The highest BCUT2D eigenvalue weighted by molar-refractivity contribution is 7.13. The van der Waals surface area contributed by atoms with Crippen LogP contribution in [0.4, 0.5) is 5.13 Å². The average molecular weight is 255 g/mol. The van der Waals surface area contributed by atoms with Crippen LogP contribution >= 0.6 is 11.3 Å². The van der Waals surface area contributed by atoms with Gasteiger partial charge in [-0.2, -0.15) is 0 Å². The Morgan fingerprint density at radius 3 is 2.94 bits per heavy atom. The molecule has 0 amide bonds. The summed E-state index contributed by atoms with van der Waals surface area (Å²) in [6.07, 6.45) is 2.79. The molecule has 0 bridgehead atoms. The molecule has 1 fully saturated rings. The lowest BCUT2D eigenvalue weighted by atomic mass is 10.2. The largest absolute Gasteiger partial charge is 0.480 e. The summed E-state index contributed by atoms with van der Waals surface area (Å²) in [5.74, 6) is -0.743. The molecule has 94 valence electrons. The van der Waals surface area contributed by atoms with Crippen LogP contribution in [0, 0.1) is 0 Å². The number of hydrogen-bond donors (Lipinski definition) is 1. The van der Waals surface area contributed by atoms with E-state index in [0.717, 1.165) is 37.7 Å². The summed E-state index contributed by atoms with van der Waals surface area (Å²) in [7, 11) is 0. The number of carboxylic acids is 1. The van der Waals surface area contributed by atoms with Crippen LogP contribution in [0.3, 0.4) is 0 Å². The Morgan fingerprint density at radius 1 is 1.47 bits per heavy atom. The monoisotopic (exact) mass is 255 g/mol. The van der Waals surface area contributed by atoms with Crippen LogP contribution in [-0.2, 0) is 4.79 Å². The molecular formula is C11H17N3O2S. The lowest BCUT2D eigenvalue weighted by Gasteiger charge is -2.24. The van der Waals surface area contributed by atoms with Crippen molar-refractivity contribution in [1.82, 2.24) is 9.88 Å². The second kappa shape index (κ2) is 5.46. The number of carboxylic acid groups (broad SMARTS) is 1. The summed E-state index contributed by atoms with van der Waals surface area (Å²) < 4.78 is 0. The molecule has 1 atom stereocenters. The van der Waals surface area contributed by atoms with Crippen molar-refractivity contribution in [2.45, 2.75) is 19.4 Å². The van der Waals surface area contributed by atoms with Gasteiger partial charge in [-0.05, 0) is 13.3 Å². The van der Waals surface area contributed by atoms with Crippen LogP contribution < -0.4 is 4.90 Å². The first-order valence-electron chi connectivity index (χ1n) is 5.80. The van der Waals surface area contributed by atoms with Gasteiger partial charge in [0.25, 0.3) is 0 Å². The van der Waals surface area contributed by atoms with Gasteiger partial charge in [-0.1, -0.05) is 0 Å². The van der Waals surface area contributed by atoms with Crippen molar-refractivity contribution in [3.05, 3.63) is 11.6 Å². The van der Waals surface area contributed by atoms with Gasteiger partial charge in [0.2, 0.25) is 0 Å². The van der Waals surface area contributed by atoms with E-state index in [2.05, 4.69) is 9.88 Å². The molecule has 17 heavy (non-hydrogen) atoms. The lowest BCUT2D eigenvalue weighted by Crippen LogP contribution is -2.41. The van der Waals surface area contributed by atoms with Gasteiger partial charge in [-0.15, -0.1) is 11.3 Å². The molecule has 1 aromatic heterocycles. The molecule has 5 nitrogen and oxygen atoms in total. The normalized spacial score (nSPS) is 19.9. The van der Waals surface area contributed by atoms with Gasteiger partial charge in [-0.3, -0.25) is 9.69 Å². The molecule has 1 unspecified atom stereocenters. The van der Waals surface area contributed by atoms with Gasteiger partial charge in [0.05, 0.1) is 0 Å². The third-order valence-electron chi connectivity index (χ3n) is 3.13. The number of rotatable bonds is 3. The summed E-state index contributed by atoms with van der Waals surface area (Å²) in [6, 6.07) is -0.397. The molecule has 2 rings (SSSR count). The van der Waals surface area contributed by atoms with E-state index in [1.54, 1.807) is 18.3 Å². The number of hydrogen-bond acceptors (Lipinski definition) is 5. The molecule has 1 aliphatic rings. The molecule has 1 aliphatic heterocycles. The molecule has 0 radical (unpaired) electrons. The number of anilines is 1. The minimum atomic E-state index is -0.743. The number of thiazole rings is 1. The quantitative estimate of drug-likeness (QED) is 0.877. The zero-order valence-corrected chi connectivity index (χ0v) is 10.7. The maximum Gasteiger partial charge on any atom is 0.320 e. The fourth-order valence-electron chi connectivity index (χ4n) is 2.04. The first kappa shape index (κ1) is 12.3. The number of aromatic nitrogens is 1. The Morgan fingerprint density at radius 2 is 2.29 bits per heavy atom. The van der Waals surface area contributed by atoms with Crippen molar-refractivity contribution in [3.63, 3.8) is 0 Å². The second-order valence-electron chi connectivity index (χ2n) is 4.21. The SMILES string of the molecule is CC(C(=O)O)N1CCCN(c2nccs2)CC1. The second-order valence-corrected chi connectivity index (χ2v) is 5.08. The highest BCUT2D eigenvalue weighted by Gasteiger charge is 2.23. The maximum atomic E-state index is 11.0. The van der Waals surface area contributed by atoms with Crippen LogP contribution in [0.1, 0.15) is 13.3 Å². The minimum absolute atomic E-state index is 0.397. The smallest absolute Gasteiger partial charge is 0.320 e. The molecule has 1 aromatic rings. The molecule has 0 saturated carbocycles. The first-order chi connectivity index (χ1) is 8.18. The third-order valence-corrected chi connectivity index (χ3v) is 3.96. The Labute approximate surface area is 105 Å². The fraction of sp³-hybridized carbons (Fsp3) is 0.636. The van der Waals surface area contributed by atoms with Crippen molar-refractivity contribution in [1.29, 1.82) is 0 Å². The van der Waals surface area contributed by atoms with E-state index in [1.165, 1.54) is 0 Å². The minimum Gasteiger partial charge on any atom is -0.480 e. The Hall–Kier alpha value is -1.14. The molecule has 1 saturated heterocycles. The van der Waals surface area contributed by atoms with Crippen LogP contribution in [0.25, 0.3) is 0 Å². The zero-order chi connectivity index (χ0) is 12.3. The summed E-state index contributed by atoms with van der Waals surface area (Å²) in [5.41, 5.74) is 0. The van der Waals surface area contributed by atoms with Gasteiger partial charge in [-0.25, -0.2) is 4.98 Å². The summed E-state index contributed by atoms with van der Waals surface area (Å²) >= 11 is 1.63. The Balaban J connectivity index is 1.96. The average Bonchev–Trinajstić information content (AvgIpc) is 2.73. The molecule has 1 N–H and O–H groups in total. The number of carbonyl (C=O) groups is 1. The third kappa shape index (κ3) is 2.95. The molecule has 6 heteroatoms. The highest BCUT2D eigenvalue weighted by Crippen LogP contribution is 2.19. The lowest BCUT2D eigenvalue weighted by molar-refractivity contribution is -0.142. The number of nitrogens with zero attached hydrogens (tertiary/aromatic N) is 3. The molecule has 2 heterocycles. The van der Waals surface area contributed by atoms with E-state index in [-0.39, 0.29) is 0 Å². The van der Waals surface area contributed by atoms with E-state index < -0.39 is 12.0 Å². The van der Waals surface area contributed by atoms with E-state index in [0.29, 0.717) is 0 Å². The number of aliphatic carboxylic acids is 1. The Bertz CT molecular complexity index is 369. The van der Waals surface area contributed by atoms with Crippen molar-refractivity contribution in [2.75, 3.05) is 31.1 Å². The maximum absolute atomic E-state index is 11.0. The topological polar surface area (TPSA) is 56.7 Å². The van der Waals surface area contributed by atoms with E-state index in [1.807, 2.05) is 16.5 Å². The standard InChI is InChI=1S/C11H17N3O2S/c1-9(10(15)16)13-4-2-5-14(7-6-13)11-12-3-8-17-11/h3,8-9H,2,4-7H2,1H3,(H,15,16). The highest BCUT2D eigenvalue weighted by atomic mass is 32.1. The van der Waals surface area contributed by atoms with E-state index in [4.69, 9.17) is 5.11 Å². The van der Waals surface area contributed by atoms with Crippen LogP contribution in [-0.4, -0.2) is 53.2 Å². The van der Waals surface area contributed by atoms with Gasteiger partial charge in [0.15, 0.2) is 5.13 Å². The first-order valence-corrected chi connectivity index (χ1v) is 6.68. The van der Waals surface area contributed by atoms with Gasteiger partial charge in [0, 0.05) is 37.8 Å². The molecular weight excluding hydrogens is 238 g/mol. The molecule has 0 aliphatic carbocycles. The van der Waals surface area contributed by atoms with Gasteiger partial charge in [0.1, 0.15) is 6.04 Å². The van der Waals surface area contributed by atoms with Crippen LogP contribution in [0.15, 0.2) is 11.6 Å². The predicted octanol–water partition coefficient (Wildman–Crippen LogP) is 1.13. The van der Waals surface area contributed by atoms with Gasteiger partial charge >= 0.3 is 5.97 Å². The van der Waals surface area contributed by atoms with Gasteiger partial charge < -0.3 is 10.0 Å². The van der Waals surface area contributed by atoms with Crippen LogP contribution in [0.5, 0.6) is 0 Å². The summed E-state index contributed by atoms with van der Waals surface area (Å²) in [6.45, 7) is 5.19. The fourth-order valence-corrected chi connectivity index (χ4v) is 2.74. The van der Waals surface area contributed by atoms with Crippen LogP contribution in [0.2, 0.25) is 0 Å². The van der Waals surface area contributed by atoms with Crippen molar-refractivity contribution < 1.29 is 9.90 Å². The van der Waals surface area contributed by atoms with E-state index in [9.17, 15) is 4.79 Å². The Kier molecular flexibility index (Phi) is 3.96. The van der Waals surface area contributed by atoms with E-state index >= 15 is 0 Å². The predicted molar refractivity (Wildman–Crippen MR) is 67.6 cm³/mol.